The average molecular weight is 234 g/mol. The van der Waals surface area contributed by atoms with Gasteiger partial charge >= 0.3 is 0 Å². The molecule has 1 atom stereocenters. The fraction of sp³-hybridized carbons (Fsp3) is 0.143. The molecule has 0 aliphatic carbocycles. The second-order valence-corrected chi connectivity index (χ2v) is 3.33. The van der Waals surface area contributed by atoms with E-state index >= 15 is 0 Å². The Morgan fingerprint density at radius 2 is 2.36 bits per heavy atom. The molecule has 58 valence electrons. The number of alkyl halides is 1. The second kappa shape index (κ2) is 3.83. The van der Waals surface area contributed by atoms with Crippen molar-refractivity contribution in [2.24, 2.45) is 0 Å². The van der Waals surface area contributed by atoms with Crippen molar-refractivity contribution in [2.75, 3.05) is 0 Å². The van der Waals surface area contributed by atoms with E-state index in [-0.39, 0.29) is 4.83 Å². The largest absolute Gasteiger partial charge is 0.302 e. The molecule has 0 saturated carbocycles. The van der Waals surface area contributed by atoms with Crippen LogP contribution in [0.5, 0.6) is 0 Å². The van der Waals surface area contributed by atoms with Crippen LogP contribution in [0.25, 0.3) is 0 Å². The summed E-state index contributed by atoms with van der Waals surface area (Å²) in [6.07, 6.45) is 2.36. The maximum Gasteiger partial charge on any atom is 0.138 e. The van der Waals surface area contributed by atoms with E-state index in [2.05, 4.69) is 20.9 Å². The highest BCUT2D eigenvalue weighted by atomic mass is 79.9. The number of hydrogen-bond donors (Lipinski definition) is 0. The van der Waals surface area contributed by atoms with Crippen molar-refractivity contribution in [1.29, 1.82) is 0 Å². The highest BCUT2D eigenvalue weighted by Gasteiger charge is 2.04. The van der Waals surface area contributed by atoms with E-state index in [0.717, 1.165) is 11.8 Å². The monoisotopic (exact) mass is 233 g/mol. The van der Waals surface area contributed by atoms with E-state index < -0.39 is 0 Å². The van der Waals surface area contributed by atoms with Crippen LogP contribution in [-0.2, 0) is 4.79 Å². The topological polar surface area (TPSA) is 30.0 Å². The second-order valence-electron chi connectivity index (χ2n) is 1.95. The number of pyridine rings is 1. The summed E-state index contributed by atoms with van der Waals surface area (Å²) in [5, 5.41) is 0.430. The lowest BCUT2D eigenvalue weighted by molar-refractivity contribution is -0.107. The number of nitrogens with zero attached hydrogens (tertiary/aromatic N) is 1. The molecule has 1 aromatic heterocycles. The maximum absolute atomic E-state index is 10.3. The zero-order valence-electron chi connectivity index (χ0n) is 5.50. The van der Waals surface area contributed by atoms with Crippen LogP contribution in [0.3, 0.4) is 0 Å². The molecule has 0 saturated heterocycles. The number of carbonyl (C=O) groups excluding carboxylic acids is 1. The molecule has 2 nitrogen and oxygen atoms in total. The molecule has 0 aromatic carbocycles. The molecule has 11 heavy (non-hydrogen) atoms. The van der Waals surface area contributed by atoms with E-state index in [0.29, 0.717) is 5.15 Å². The number of carbonyl (C=O) groups is 1. The molecule has 0 fully saturated rings. The third-order valence-electron chi connectivity index (χ3n) is 1.19. The molecule has 0 bridgehead atoms. The van der Waals surface area contributed by atoms with Gasteiger partial charge in [0, 0.05) is 6.20 Å². The first kappa shape index (κ1) is 8.68. The summed E-state index contributed by atoms with van der Waals surface area (Å²) in [6, 6.07) is 3.40. The summed E-state index contributed by atoms with van der Waals surface area (Å²) in [6.45, 7) is 0. The van der Waals surface area contributed by atoms with Gasteiger partial charge < -0.3 is 4.79 Å². The van der Waals surface area contributed by atoms with Gasteiger partial charge in [0.2, 0.25) is 0 Å². The highest BCUT2D eigenvalue weighted by molar-refractivity contribution is 9.09. The van der Waals surface area contributed by atoms with Crippen LogP contribution in [0.4, 0.5) is 0 Å². The van der Waals surface area contributed by atoms with Crippen molar-refractivity contribution in [3.8, 4) is 0 Å². The number of halogens is 2. The van der Waals surface area contributed by atoms with E-state index in [1.165, 1.54) is 0 Å². The van der Waals surface area contributed by atoms with Crippen molar-refractivity contribution >= 4 is 33.8 Å². The highest BCUT2D eigenvalue weighted by Crippen LogP contribution is 2.19. The summed E-state index contributed by atoms with van der Waals surface area (Å²) in [5.41, 5.74) is 0.810. The van der Waals surface area contributed by atoms with E-state index in [1.807, 2.05) is 0 Å². The summed E-state index contributed by atoms with van der Waals surface area (Å²) in [5.74, 6) is 0. The van der Waals surface area contributed by atoms with Gasteiger partial charge in [0.1, 0.15) is 11.4 Å². The third kappa shape index (κ3) is 2.27. The Kier molecular flexibility index (Phi) is 3.02. The minimum Gasteiger partial charge on any atom is -0.302 e. The normalized spacial score (nSPS) is 12.5. The molecule has 0 amide bonds. The maximum atomic E-state index is 10.3. The number of aldehydes is 1. The molecule has 0 spiro atoms. The zero-order valence-corrected chi connectivity index (χ0v) is 7.84. The van der Waals surface area contributed by atoms with Gasteiger partial charge in [0.25, 0.3) is 0 Å². The molecule has 0 aliphatic rings. The van der Waals surface area contributed by atoms with Crippen molar-refractivity contribution in [3.63, 3.8) is 0 Å². The predicted molar refractivity (Wildman–Crippen MR) is 47.0 cm³/mol. The summed E-state index contributed by atoms with van der Waals surface area (Å²) >= 11 is 8.70. The Hall–Kier alpha value is -0.410. The number of rotatable bonds is 2. The van der Waals surface area contributed by atoms with Crippen LogP contribution >= 0.6 is 27.5 Å². The standard InChI is InChI=1S/C7H5BrClNO/c8-6(4-11)5-1-2-7(9)10-3-5/h1-4,6H. The van der Waals surface area contributed by atoms with Gasteiger partial charge in [-0.15, -0.1) is 0 Å². The van der Waals surface area contributed by atoms with Gasteiger partial charge in [-0.2, -0.15) is 0 Å². The molecule has 4 heteroatoms. The van der Waals surface area contributed by atoms with Gasteiger partial charge in [0.05, 0.1) is 4.83 Å². The number of hydrogen-bond acceptors (Lipinski definition) is 2. The van der Waals surface area contributed by atoms with Crippen molar-refractivity contribution < 1.29 is 4.79 Å². The summed E-state index contributed by atoms with van der Waals surface area (Å²) < 4.78 is 0. The molecular formula is C7H5BrClNO. The molecule has 0 N–H and O–H groups in total. The Balaban J connectivity index is 2.89. The van der Waals surface area contributed by atoms with Gasteiger partial charge in [-0.05, 0) is 11.6 Å². The zero-order chi connectivity index (χ0) is 8.27. The molecule has 1 rings (SSSR count). The van der Waals surface area contributed by atoms with Crippen LogP contribution in [0.1, 0.15) is 10.4 Å². The van der Waals surface area contributed by atoms with Gasteiger partial charge in [-0.1, -0.05) is 33.6 Å². The fourth-order valence-electron chi connectivity index (χ4n) is 0.629. The number of aromatic nitrogens is 1. The Labute approximate surface area is 77.7 Å². The summed E-state index contributed by atoms with van der Waals surface area (Å²) in [4.78, 5) is 13.8. The first-order valence-corrected chi connectivity index (χ1v) is 4.24. The van der Waals surface area contributed by atoms with Crippen LogP contribution < -0.4 is 0 Å². The average Bonchev–Trinajstić information content (AvgIpc) is 2.05. The molecule has 1 heterocycles. The summed E-state index contributed by atoms with van der Waals surface area (Å²) in [7, 11) is 0. The quantitative estimate of drug-likeness (QED) is 0.447. The lowest BCUT2D eigenvalue weighted by atomic mass is 10.2. The molecule has 0 aliphatic heterocycles. The van der Waals surface area contributed by atoms with E-state index in [1.54, 1.807) is 18.3 Å². The molecule has 1 aromatic rings. The first-order chi connectivity index (χ1) is 5.24. The Bertz CT molecular complexity index is 249. The lowest BCUT2D eigenvalue weighted by Gasteiger charge is -1.99. The smallest absolute Gasteiger partial charge is 0.138 e. The van der Waals surface area contributed by atoms with E-state index in [9.17, 15) is 4.79 Å². The Morgan fingerprint density at radius 1 is 1.64 bits per heavy atom. The molecule has 0 radical (unpaired) electrons. The van der Waals surface area contributed by atoms with Crippen LogP contribution in [-0.4, -0.2) is 11.3 Å². The fourth-order valence-corrected chi connectivity index (χ4v) is 1.01. The van der Waals surface area contributed by atoms with Gasteiger partial charge in [0.15, 0.2) is 0 Å². The SMILES string of the molecule is O=CC(Br)c1ccc(Cl)nc1. The van der Waals surface area contributed by atoms with Crippen molar-refractivity contribution in [2.45, 2.75) is 4.83 Å². The van der Waals surface area contributed by atoms with Crippen molar-refractivity contribution in [3.05, 3.63) is 29.0 Å². The van der Waals surface area contributed by atoms with Crippen LogP contribution in [0, 0.1) is 0 Å². The lowest BCUT2D eigenvalue weighted by Crippen LogP contribution is -1.90. The molecular weight excluding hydrogens is 229 g/mol. The minimum atomic E-state index is -0.285. The van der Waals surface area contributed by atoms with Crippen LogP contribution in [0.15, 0.2) is 18.3 Å². The minimum absolute atomic E-state index is 0.285. The molecule has 1 unspecified atom stereocenters. The Morgan fingerprint density at radius 3 is 2.82 bits per heavy atom. The van der Waals surface area contributed by atoms with Crippen LogP contribution in [0.2, 0.25) is 5.15 Å². The van der Waals surface area contributed by atoms with Gasteiger partial charge in [-0.3, -0.25) is 0 Å². The predicted octanol–water partition coefficient (Wildman–Crippen LogP) is 2.37. The first-order valence-electron chi connectivity index (χ1n) is 2.95. The van der Waals surface area contributed by atoms with Gasteiger partial charge in [-0.25, -0.2) is 4.98 Å². The van der Waals surface area contributed by atoms with Crippen molar-refractivity contribution in [1.82, 2.24) is 4.98 Å². The van der Waals surface area contributed by atoms with E-state index in [4.69, 9.17) is 11.6 Å². The third-order valence-corrected chi connectivity index (χ3v) is 2.16.